The number of sulfone groups is 1. The number of aromatic nitrogens is 1. The lowest BCUT2D eigenvalue weighted by Gasteiger charge is -2.14. The smallest absolute Gasteiger partial charge is 0.413 e. The van der Waals surface area contributed by atoms with Crippen LogP contribution in [0.1, 0.15) is 35.9 Å². The molecule has 0 radical (unpaired) electrons. The zero-order valence-electron chi connectivity index (χ0n) is 19.2. The van der Waals surface area contributed by atoms with Crippen LogP contribution in [0.2, 0.25) is 0 Å². The number of aryl methyl sites for hydroxylation is 1. The van der Waals surface area contributed by atoms with Crippen molar-refractivity contribution in [2.75, 3.05) is 18.2 Å². The average molecular weight is 504 g/mol. The van der Waals surface area contributed by atoms with Crippen LogP contribution in [0.5, 0.6) is 0 Å². The molecule has 1 heterocycles. The Morgan fingerprint density at radius 1 is 1.29 bits per heavy atom. The molecule has 1 aliphatic rings. The zero-order chi connectivity index (χ0) is 24.7. The van der Waals surface area contributed by atoms with Crippen molar-refractivity contribution in [3.8, 4) is 0 Å². The lowest BCUT2D eigenvalue weighted by atomic mass is 9.93. The number of guanidine groups is 1. The average Bonchev–Trinajstić information content (AvgIpc) is 3.13. The first-order chi connectivity index (χ1) is 16.1. The molecule has 3 rings (SSSR count). The molecule has 1 unspecified atom stereocenters. The van der Waals surface area contributed by atoms with Gasteiger partial charge in [0.1, 0.15) is 0 Å². The second-order valence-corrected chi connectivity index (χ2v) is 11.0. The minimum Gasteiger partial charge on any atom is -0.450 e. The van der Waals surface area contributed by atoms with E-state index in [2.05, 4.69) is 21.4 Å². The summed E-state index contributed by atoms with van der Waals surface area (Å²) in [6, 6.07) is 6.82. The highest BCUT2D eigenvalue weighted by Gasteiger charge is 2.17. The fourth-order valence-electron chi connectivity index (χ4n) is 3.49. The Morgan fingerprint density at radius 2 is 2.03 bits per heavy atom. The van der Waals surface area contributed by atoms with Gasteiger partial charge >= 0.3 is 6.09 Å². The van der Waals surface area contributed by atoms with Crippen molar-refractivity contribution >= 4 is 38.4 Å². The third-order valence-electron chi connectivity index (χ3n) is 5.16. The van der Waals surface area contributed by atoms with Crippen molar-refractivity contribution in [3.05, 3.63) is 64.3 Å². The summed E-state index contributed by atoms with van der Waals surface area (Å²) in [4.78, 5) is 21.9. The summed E-state index contributed by atoms with van der Waals surface area (Å²) < 4.78 is 28.4. The first-order valence-electron chi connectivity index (χ1n) is 10.8. The van der Waals surface area contributed by atoms with Gasteiger partial charge in [-0.25, -0.2) is 23.2 Å². The molecule has 1 atom stereocenters. The van der Waals surface area contributed by atoms with Crippen LogP contribution in [0.3, 0.4) is 0 Å². The minimum absolute atomic E-state index is 0.0349. The number of nitrogens with one attached hydrogen (secondary N) is 1. The Morgan fingerprint density at radius 3 is 2.62 bits per heavy atom. The first kappa shape index (κ1) is 25.4. The van der Waals surface area contributed by atoms with Crippen molar-refractivity contribution in [1.82, 2.24) is 4.98 Å². The van der Waals surface area contributed by atoms with Crippen LogP contribution in [0.4, 0.5) is 9.93 Å². The Balaban J connectivity index is 1.74. The molecule has 5 N–H and O–H groups in total. The maximum atomic E-state index is 11.9. The van der Waals surface area contributed by atoms with Gasteiger partial charge in [0.2, 0.25) is 0 Å². The number of carbonyl (C=O) groups is 1. The molecule has 1 aromatic carbocycles. The van der Waals surface area contributed by atoms with Crippen molar-refractivity contribution in [2.24, 2.45) is 22.4 Å². The topological polar surface area (TPSA) is 150 Å². The molecule has 0 saturated heterocycles. The van der Waals surface area contributed by atoms with Gasteiger partial charge in [-0.3, -0.25) is 5.32 Å². The van der Waals surface area contributed by atoms with E-state index in [4.69, 9.17) is 16.2 Å². The summed E-state index contributed by atoms with van der Waals surface area (Å²) in [5.41, 5.74) is 13.5. The zero-order valence-corrected chi connectivity index (χ0v) is 20.8. The van der Waals surface area contributed by atoms with E-state index in [0.717, 1.165) is 41.1 Å². The Hall–Kier alpha value is -3.18. The predicted octanol–water partition coefficient (Wildman–Crippen LogP) is 3.37. The van der Waals surface area contributed by atoms with E-state index in [-0.39, 0.29) is 17.5 Å². The molecule has 34 heavy (non-hydrogen) atoms. The van der Waals surface area contributed by atoms with Gasteiger partial charge in [-0.05, 0) is 55.9 Å². The lowest BCUT2D eigenvalue weighted by Crippen LogP contribution is -2.22. The molecule has 9 nitrogen and oxygen atoms in total. The van der Waals surface area contributed by atoms with E-state index >= 15 is 0 Å². The number of nitrogens with two attached hydrogens (primary N) is 2. The molecule has 0 bridgehead atoms. The highest BCUT2D eigenvalue weighted by molar-refractivity contribution is 7.90. The number of aliphatic imine (C=N–C) groups is 1. The number of thiazole rings is 1. The fourth-order valence-corrected chi connectivity index (χ4v) is 5.14. The number of benzene rings is 1. The number of anilines is 1. The lowest BCUT2D eigenvalue weighted by molar-refractivity contribution is 0.168. The summed E-state index contributed by atoms with van der Waals surface area (Å²) in [5.74, 6) is 0.357. The molecule has 0 fully saturated rings. The van der Waals surface area contributed by atoms with E-state index in [1.54, 1.807) is 31.2 Å². The highest BCUT2D eigenvalue weighted by Crippen LogP contribution is 2.29. The molecule has 1 aromatic heterocycles. The number of ether oxygens (including phenoxy) is 1. The molecule has 2 aromatic rings. The summed E-state index contributed by atoms with van der Waals surface area (Å²) in [7, 11) is -3.25. The molecule has 182 valence electrons. The number of nitrogens with zero attached hydrogens (tertiary/aromatic N) is 2. The number of carbonyl (C=O) groups excluding carboxylic acids is 1. The van der Waals surface area contributed by atoms with Gasteiger partial charge in [-0.15, -0.1) is 11.3 Å². The predicted molar refractivity (Wildman–Crippen MR) is 135 cm³/mol. The Kier molecular flexibility index (Phi) is 8.46. The summed E-state index contributed by atoms with van der Waals surface area (Å²) in [6.07, 6.45) is 9.64. The minimum atomic E-state index is -3.25. The summed E-state index contributed by atoms with van der Waals surface area (Å²) in [5, 5.41) is 3.16. The van der Waals surface area contributed by atoms with Crippen molar-refractivity contribution < 1.29 is 17.9 Å². The van der Waals surface area contributed by atoms with Crippen LogP contribution < -0.4 is 16.8 Å². The van der Waals surface area contributed by atoms with Gasteiger partial charge < -0.3 is 16.2 Å². The van der Waals surface area contributed by atoms with E-state index in [1.807, 2.05) is 12.2 Å². The maximum absolute atomic E-state index is 11.9. The van der Waals surface area contributed by atoms with Gasteiger partial charge in [-0.1, -0.05) is 24.3 Å². The first-order valence-corrected chi connectivity index (χ1v) is 13.5. The second-order valence-electron chi connectivity index (χ2n) is 7.89. The normalized spacial score (nSPS) is 15.5. The maximum Gasteiger partial charge on any atom is 0.413 e. The van der Waals surface area contributed by atoms with E-state index < -0.39 is 15.9 Å². The molecular weight excluding hydrogens is 474 g/mol. The molecule has 1 aliphatic carbocycles. The van der Waals surface area contributed by atoms with Crippen LogP contribution >= 0.6 is 11.3 Å². The van der Waals surface area contributed by atoms with Gasteiger partial charge in [-0.2, -0.15) is 0 Å². The monoisotopic (exact) mass is 503 g/mol. The van der Waals surface area contributed by atoms with Crippen molar-refractivity contribution in [3.63, 3.8) is 0 Å². The standard InChI is InChI=1S/C23H29N5O4S2/c1-3-32-23(29)28-22-27-19(13-8-15-4-9-17(10-5-15)26-21(24)25)20(33-22)14-16-6-11-18(12-7-16)34(2,30)31/h4,6-7,9-12,15H,3,5,8,13-14H2,1-2H3,(H4,24,25,26)(H,27,28,29). The number of hydrogen-bond acceptors (Lipinski definition) is 7. The molecular formula is C23H29N5O4S2. The van der Waals surface area contributed by atoms with Crippen LogP contribution in [0.15, 0.2) is 58.1 Å². The Bertz CT molecular complexity index is 1210. The van der Waals surface area contributed by atoms with E-state index in [9.17, 15) is 13.2 Å². The van der Waals surface area contributed by atoms with E-state index in [0.29, 0.717) is 17.5 Å². The summed E-state index contributed by atoms with van der Waals surface area (Å²) in [6.45, 7) is 2.01. The molecule has 0 aliphatic heterocycles. The summed E-state index contributed by atoms with van der Waals surface area (Å²) >= 11 is 1.40. The van der Waals surface area contributed by atoms with Crippen LogP contribution in [0.25, 0.3) is 0 Å². The van der Waals surface area contributed by atoms with Gasteiger partial charge in [0.05, 0.1) is 22.9 Å². The van der Waals surface area contributed by atoms with Gasteiger partial charge in [0.15, 0.2) is 20.9 Å². The van der Waals surface area contributed by atoms with E-state index in [1.165, 1.54) is 17.6 Å². The van der Waals surface area contributed by atoms with Crippen LogP contribution in [-0.4, -0.2) is 38.3 Å². The van der Waals surface area contributed by atoms with Crippen LogP contribution in [0, 0.1) is 5.92 Å². The van der Waals surface area contributed by atoms with Gasteiger partial charge in [0.25, 0.3) is 0 Å². The quantitative estimate of drug-likeness (QED) is 0.351. The molecule has 1 amide bonds. The largest absolute Gasteiger partial charge is 0.450 e. The fraction of sp³-hybridized carbons (Fsp3) is 0.348. The second kappa shape index (κ2) is 11.3. The highest BCUT2D eigenvalue weighted by atomic mass is 32.2. The SMILES string of the molecule is CCOC(=O)Nc1nc(CCC2C=CC(N=C(N)N)=CC2)c(Cc2ccc(S(C)(=O)=O)cc2)s1. The van der Waals surface area contributed by atoms with Crippen molar-refractivity contribution in [1.29, 1.82) is 0 Å². The van der Waals surface area contributed by atoms with Crippen LogP contribution in [-0.2, 0) is 27.4 Å². The number of hydrogen-bond donors (Lipinski definition) is 3. The number of rotatable bonds is 9. The third-order valence-corrected chi connectivity index (χ3v) is 7.30. The Labute approximate surface area is 203 Å². The number of allylic oxidation sites excluding steroid dienone is 3. The van der Waals surface area contributed by atoms with Gasteiger partial charge in [0, 0.05) is 17.6 Å². The molecule has 0 saturated carbocycles. The number of amides is 1. The molecule has 11 heteroatoms. The van der Waals surface area contributed by atoms with Crippen molar-refractivity contribution in [2.45, 2.75) is 37.5 Å². The molecule has 0 spiro atoms. The third kappa shape index (κ3) is 7.42.